The van der Waals surface area contributed by atoms with E-state index < -0.39 is 71.0 Å². The number of morpholine rings is 1. The molecule has 2 N–H and O–H groups in total. The number of aryl methyl sites for hydroxylation is 1. The van der Waals surface area contributed by atoms with Gasteiger partial charge in [-0.15, -0.1) is 0 Å². The first-order chi connectivity index (χ1) is 23.2. The molecule has 0 unspecified atom stereocenters. The van der Waals surface area contributed by atoms with Gasteiger partial charge in [-0.25, -0.2) is 14.2 Å². The molecule has 1 fully saturated rings. The Hall–Kier alpha value is -5.18. The van der Waals surface area contributed by atoms with Crippen LogP contribution in [0.4, 0.5) is 42.2 Å². The van der Waals surface area contributed by atoms with Gasteiger partial charge in [0.15, 0.2) is 11.6 Å². The molecule has 2 atom stereocenters. The van der Waals surface area contributed by atoms with E-state index in [2.05, 4.69) is 10.3 Å². The molecule has 0 bridgehead atoms. The molecule has 2 aromatic heterocycles. The lowest BCUT2D eigenvalue weighted by molar-refractivity contribution is -0.167. The van der Waals surface area contributed by atoms with Crippen LogP contribution in [0.5, 0.6) is 0 Å². The quantitative estimate of drug-likeness (QED) is 0.182. The summed E-state index contributed by atoms with van der Waals surface area (Å²) in [6.45, 7) is -1.08. The summed E-state index contributed by atoms with van der Waals surface area (Å²) in [5, 5.41) is 13.0. The Morgan fingerprint density at radius 2 is 1.69 bits per heavy atom. The number of aliphatic carboxylic acids is 1. The molecule has 6 rings (SSSR count). The molecule has 256 valence electrons. The molecule has 8 nitrogen and oxygen atoms in total. The van der Waals surface area contributed by atoms with Gasteiger partial charge in [0.05, 0.1) is 35.5 Å². The summed E-state index contributed by atoms with van der Waals surface area (Å²) in [7, 11) is 1.37. The molecule has 5 aromatic rings. The summed E-state index contributed by atoms with van der Waals surface area (Å²) in [6.07, 6.45) is -8.94. The van der Waals surface area contributed by atoms with Crippen molar-refractivity contribution in [3.8, 4) is 11.1 Å². The number of alkyl halides is 6. The number of fused-ring (bicyclic) bond motifs is 2. The van der Waals surface area contributed by atoms with Gasteiger partial charge in [0.2, 0.25) is 0 Å². The number of nitrogens with one attached hydrogen (secondary N) is 1. The Kier molecular flexibility index (Phi) is 8.73. The number of nitrogens with zero attached hydrogens (tertiary/aromatic N) is 3. The van der Waals surface area contributed by atoms with E-state index in [4.69, 9.17) is 4.74 Å². The molecule has 1 aliphatic heterocycles. The van der Waals surface area contributed by atoms with E-state index >= 15 is 4.39 Å². The zero-order chi connectivity index (χ0) is 35.2. The number of rotatable bonds is 7. The van der Waals surface area contributed by atoms with Gasteiger partial charge in [-0.2, -0.15) is 26.3 Å². The molecular formula is C34H27F7N4O4. The number of carboxylic acid groups (broad SMARTS) is 1. The summed E-state index contributed by atoms with van der Waals surface area (Å²) in [5.41, 5.74) is -2.62. The summed E-state index contributed by atoms with van der Waals surface area (Å²) in [4.78, 5) is 30.6. The number of aromatic nitrogens is 2. The van der Waals surface area contributed by atoms with Crippen molar-refractivity contribution in [1.29, 1.82) is 0 Å². The number of para-hydroxylation sites is 1. The molecule has 15 heteroatoms. The van der Waals surface area contributed by atoms with E-state index in [1.165, 1.54) is 61.6 Å². The minimum Gasteiger partial charge on any atom is -0.480 e. The van der Waals surface area contributed by atoms with Gasteiger partial charge in [0, 0.05) is 31.6 Å². The number of hydrogen-bond donors (Lipinski definition) is 2. The second-order valence-corrected chi connectivity index (χ2v) is 11.5. The minimum atomic E-state index is -4.91. The van der Waals surface area contributed by atoms with E-state index in [-0.39, 0.29) is 41.4 Å². The first kappa shape index (κ1) is 33.7. The van der Waals surface area contributed by atoms with Crippen molar-refractivity contribution in [1.82, 2.24) is 9.55 Å². The van der Waals surface area contributed by atoms with Crippen molar-refractivity contribution in [3.63, 3.8) is 0 Å². The fourth-order valence-electron chi connectivity index (χ4n) is 6.32. The van der Waals surface area contributed by atoms with Crippen LogP contribution < -0.4 is 15.8 Å². The van der Waals surface area contributed by atoms with Gasteiger partial charge >= 0.3 is 18.3 Å². The fraction of sp³-hybridized carbons (Fsp3) is 0.265. The van der Waals surface area contributed by atoms with Crippen molar-refractivity contribution in [3.05, 3.63) is 100 Å². The largest absolute Gasteiger partial charge is 0.480 e. The number of hydrogen-bond acceptors (Lipinski definition) is 6. The molecule has 3 heterocycles. The highest BCUT2D eigenvalue weighted by Gasteiger charge is 2.46. The Balaban J connectivity index is 1.41. The van der Waals surface area contributed by atoms with E-state index in [1.54, 1.807) is 6.07 Å². The highest BCUT2D eigenvalue weighted by atomic mass is 19.4. The summed E-state index contributed by atoms with van der Waals surface area (Å²) in [5.74, 6) is -3.26. The van der Waals surface area contributed by atoms with Crippen molar-refractivity contribution in [2.24, 2.45) is 7.05 Å². The van der Waals surface area contributed by atoms with Crippen LogP contribution in [0.25, 0.3) is 32.8 Å². The third-order valence-corrected chi connectivity index (χ3v) is 8.59. The third-order valence-electron chi connectivity index (χ3n) is 8.59. The molecule has 0 saturated carbocycles. The number of halogens is 7. The number of anilines is 2. The second kappa shape index (κ2) is 12.7. The summed E-state index contributed by atoms with van der Waals surface area (Å²) < 4.78 is 107. The maximum Gasteiger partial charge on any atom is 0.417 e. The maximum atomic E-state index is 15.7. The lowest BCUT2D eigenvalue weighted by Gasteiger charge is -2.38. The predicted octanol–water partition coefficient (Wildman–Crippen LogP) is 6.79. The first-order valence-corrected chi connectivity index (χ1v) is 14.9. The van der Waals surface area contributed by atoms with Crippen LogP contribution in [0, 0.1) is 5.82 Å². The molecule has 0 spiro atoms. The number of carbonyl (C=O) groups is 1. The average Bonchev–Trinajstić information content (AvgIpc) is 3.05. The van der Waals surface area contributed by atoms with E-state index in [0.29, 0.717) is 10.9 Å². The van der Waals surface area contributed by atoms with Crippen molar-refractivity contribution < 1.29 is 45.4 Å². The van der Waals surface area contributed by atoms with Crippen LogP contribution in [-0.4, -0.2) is 58.6 Å². The van der Waals surface area contributed by atoms with Crippen LogP contribution in [0.3, 0.4) is 0 Å². The van der Waals surface area contributed by atoms with Crippen molar-refractivity contribution in [2.45, 2.75) is 30.9 Å². The van der Waals surface area contributed by atoms with Crippen molar-refractivity contribution >= 4 is 39.1 Å². The van der Waals surface area contributed by atoms with Crippen molar-refractivity contribution in [2.75, 3.05) is 30.0 Å². The Bertz CT molecular complexity index is 2130. The first-order valence-electron chi connectivity index (χ1n) is 14.9. The smallest absolute Gasteiger partial charge is 0.417 e. The maximum absolute atomic E-state index is 15.7. The minimum absolute atomic E-state index is 0.0250. The number of carboxylic acids is 1. The molecule has 0 radical (unpaired) electrons. The predicted molar refractivity (Wildman–Crippen MR) is 168 cm³/mol. The van der Waals surface area contributed by atoms with Gasteiger partial charge in [0.25, 0.3) is 5.56 Å². The molecule has 3 aromatic carbocycles. The van der Waals surface area contributed by atoms with E-state index in [1.807, 2.05) is 0 Å². The molecule has 49 heavy (non-hydrogen) atoms. The Labute approximate surface area is 273 Å². The topological polar surface area (TPSA) is 96.7 Å². The molecule has 0 aliphatic carbocycles. The second-order valence-electron chi connectivity index (χ2n) is 11.5. The Morgan fingerprint density at radius 1 is 1.00 bits per heavy atom. The molecular weight excluding hydrogens is 661 g/mol. The number of benzene rings is 3. The van der Waals surface area contributed by atoms with Crippen LogP contribution in [0.2, 0.25) is 0 Å². The lowest BCUT2D eigenvalue weighted by Crippen LogP contribution is -2.54. The van der Waals surface area contributed by atoms with Gasteiger partial charge in [0.1, 0.15) is 12.1 Å². The van der Waals surface area contributed by atoms with Crippen LogP contribution in [0.15, 0.2) is 77.7 Å². The number of ether oxygens (including phenoxy) is 1. The van der Waals surface area contributed by atoms with Crippen LogP contribution in [-0.2, 0) is 29.2 Å². The van der Waals surface area contributed by atoms with E-state index in [9.17, 15) is 41.0 Å². The van der Waals surface area contributed by atoms with Gasteiger partial charge in [-0.05, 0) is 34.0 Å². The zero-order valence-electron chi connectivity index (χ0n) is 25.6. The number of pyridine rings is 2. The van der Waals surface area contributed by atoms with Gasteiger partial charge < -0.3 is 24.6 Å². The van der Waals surface area contributed by atoms with Crippen LogP contribution in [0.1, 0.15) is 11.1 Å². The Morgan fingerprint density at radius 3 is 2.41 bits per heavy atom. The van der Waals surface area contributed by atoms with Gasteiger partial charge in [-0.1, -0.05) is 54.6 Å². The lowest BCUT2D eigenvalue weighted by atomic mass is 9.90. The fourth-order valence-corrected chi connectivity index (χ4v) is 6.32. The third kappa shape index (κ3) is 6.25. The summed E-state index contributed by atoms with van der Waals surface area (Å²) in [6, 6.07) is 11.9. The zero-order valence-corrected chi connectivity index (χ0v) is 25.6. The highest BCUT2D eigenvalue weighted by molar-refractivity contribution is 6.01. The molecule has 0 amide bonds. The molecule has 1 aliphatic rings. The standard InChI is InChI=1S/C34H27F7N4O4/c1-44-24-11-3-2-7-22(24)28(34(39,40)41)27(31(44)46)21-10-5-8-19-18(6-4-9-20(19)21)16-23(32(47)48)43-30-29(35)25(12-13-42-30)45-14-15-49-17-26(45)33(36,37)38/h2-13,23,26H,14-17H2,1H3,(H,42,43)(H,47,48)/t23-,26+/m0/s1. The molecule has 1 saturated heterocycles. The summed E-state index contributed by atoms with van der Waals surface area (Å²) >= 11 is 0. The van der Waals surface area contributed by atoms with E-state index in [0.717, 1.165) is 21.7 Å². The van der Waals surface area contributed by atoms with Gasteiger partial charge in [-0.3, -0.25) is 4.79 Å². The normalized spacial score (nSPS) is 16.2. The monoisotopic (exact) mass is 688 g/mol. The average molecular weight is 689 g/mol. The van der Waals surface area contributed by atoms with Crippen LogP contribution >= 0.6 is 0 Å². The SMILES string of the molecule is Cn1c(=O)c(-c2cccc3c(C[C@H](Nc4nccc(N5CCOC[C@@H]5C(F)(F)F)c4F)C(=O)O)cccc23)c(C(F)(F)F)c2ccccc21. The highest BCUT2D eigenvalue weighted by Crippen LogP contribution is 2.42.